The largest absolute Gasteiger partial charge is 0.361 e. The SMILES string of the molecule is CC1CCN(C(=O)C(c2ccccc2)n2cnc(NC(=O)C(Cc3c[nH]c4ccccc34)NC(=O)C(C)(C)N)c2)CC1. The normalized spacial score (nSPS) is 15.8. The lowest BCUT2D eigenvalue weighted by atomic mass is 9.97. The third-order valence-corrected chi connectivity index (χ3v) is 7.90. The molecule has 3 amide bonds. The van der Waals surface area contributed by atoms with Gasteiger partial charge in [0, 0.05) is 42.8 Å². The Hall–Kier alpha value is -4.44. The van der Waals surface area contributed by atoms with E-state index in [4.69, 9.17) is 5.73 Å². The number of hydrogen-bond donors (Lipinski definition) is 4. The number of H-pyrrole nitrogens is 1. The van der Waals surface area contributed by atoms with Gasteiger partial charge < -0.3 is 30.8 Å². The monoisotopic (exact) mass is 569 g/mol. The van der Waals surface area contributed by atoms with E-state index in [0.717, 1.165) is 34.9 Å². The van der Waals surface area contributed by atoms with Gasteiger partial charge in [0.1, 0.15) is 12.1 Å². The Balaban J connectivity index is 1.38. The van der Waals surface area contributed by atoms with E-state index in [1.165, 1.54) is 0 Å². The third-order valence-electron chi connectivity index (χ3n) is 7.90. The van der Waals surface area contributed by atoms with Crippen LogP contribution in [0.3, 0.4) is 0 Å². The van der Waals surface area contributed by atoms with Gasteiger partial charge in [0.15, 0.2) is 5.82 Å². The number of nitrogens with zero attached hydrogens (tertiary/aromatic N) is 3. The number of carbonyl (C=O) groups excluding carboxylic acids is 3. The average Bonchev–Trinajstić information content (AvgIpc) is 3.60. The summed E-state index contributed by atoms with van der Waals surface area (Å²) in [5, 5.41) is 6.63. The minimum Gasteiger partial charge on any atom is -0.361 e. The van der Waals surface area contributed by atoms with Crippen molar-refractivity contribution < 1.29 is 14.4 Å². The molecule has 42 heavy (non-hydrogen) atoms. The standard InChI is InChI=1S/C32H39N7O3/c1-21-13-15-38(16-14-21)30(41)28(22-9-5-4-6-10-22)39-19-27(35-20-39)37-29(40)26(36-31(42)32(2,3)33)17-23-18-34-25-12-8-7-11-24(23)25/h4-12,18-21,26,28,34H,13-17,33H2,1-3H3,(H,36,42)(H,37,40). The van der Waals surface area contributed by atoms with Gasteiger partial charge in [-0.15, -0.1) is 0 Å². The lowest BCUT2D eigenvalue weighted by Crippen LogP contribution is -2.55. The van der Waals surface area contributed by atoms with Crippen molar-refractivity contribution in [1.29, 1.82) is 0 Å². The van der Waals surface area contributed by atoms with Crippen LogP contribution in [0.15, 0.2) is 73.3 Å². The number of carbonyl (C=O) groups is 3. The minimum absolute atomic E-state index is 0.00182. The molecule has 10 nitrogen and oxygen atoms in total. The van der Waals surface area contributed by atoms with Crippen LogP contribution in [0.25, 0.3) is 10.9 Å². The molecule has 4 aromatic rings. The van der Waals surface area contributed by atoms with Crippen LogP contribution >= 0.6 is 0 Å². The van der Waals surface area contributed by atoms with E-state index in [-0.39, 0.29) is 18.1 Å². The number of nitrogens with one attached hydrogen (secondary N) is 3. The number of rotatable bonds is 9. The first kappa shape index (κ1) is 29.1. The van der Waals surface area contributed by atoms with Crippen LogP contribution < -0.4 is 16.4 Å². The van der Waals surface area contributed by atoms with Crippen molar-refractivity contribution >= 4 is 34.4 Å². The molecule has 5 rings (SSSR count). The van der Waals surface area contributed by atoms with Crippen LogP contribution in [0.1, 0.15) is 50.8 Å². The summed E-state index contributed by atoms with van der Waals surface area (Å²) in [5.41, 5.74) is 7.53. The maximum atomic E-state index is 13.8. The van der Waals surface area contributed by atoms with Gasteiger partial charge in [0.05, 0.1) is 11.9 Å². The van der Waals surface area contributed by atoms with Crippen molar-refractivity contribution in [3.63, 3.8) is 0 Å². The highest BCUT2D eigenvalue weighted by molar-refractivity contribution is 5.98. The number of nitrogens with two attached hydrogens (primary N) is 1. The zero-order chi connectivity index (χ0) is 29.9. The van der Waals surface area contributed by atoms with Crippen LogP contribution in [0.4, 0.5) is 5.82 Å². The summed E-state index contributed by atoms with van der Waals surface area (Å²) in [5.74, 6) is 0.000354. The van der Waals surface area contributed by atoms with E-state index in [1.807, 2.05) is 65.7 Å². The van der Waals surface area contributed by atoms with Crippen molar-refractivity contribution in [2.45, 2.75) is 57.7 Å². The van der Waals surface area contributed by atoms with Gasteiger partial charge in [-0.05, 0) is 49.8 Å². The number of benzene rings is 2. The highest BCUT2D eigenvalue weighted by Crippen LogP contribution is 2.26. The Morgan fingerprint density at radius 1 is 1.07 bits per heavy atom. The summed E-state index contributed by atoms with van der Waals surface area (Å²) in [6.45, 7) is 6.83. The Kier molecular flexibility index (Phi) is 8.44. The smallest absolute Gasteiger partial charge is 0.250 e. The van der Waals surface area contributed by atoms with E-state index in [0.29, 0.717) is 19.0 Å². The highest BCUT2D eigenvalue weighted by atomic mass is 16.2. The van der Waals surface area contributed by atoms with Gasteiger partial charge >= 0.3 is 0 Å². The Bertz CT molecular complexity index is 1540. The summed E-state index contributed by atoms with van der Waals surface area (Å²) in [6.07, 6.45) is 7.27. The van der Waals surface area contributed by atoms with Gasteiger partial charge in [-0.3, -0.25) is 14.4 Å². The van der Waals surface area contributed by atoms with Crippen molar-refractivity contribution in [3.05, 3.63) is 84.4 Å². The van der Waals surface area contributed by atoms with Crippen LogP contribution in [0.2, 0.25) is 0 Å². The average molecular weight is 570 g/mol. The fraction of sp³-hybridized carbons (Fsp3) is 0.375. The molecule has 0 saturated carbocycles. The first-order valence-electron chi connectivity index (χ1n) is 14.4. The lowest BCUT2D eigenvalue weighted by Gasteiger charge is -2.33. The molecule has 10 heteroatoms. The number of aromatic amines is 1. The van der Waals surface area contributed by atoms with Gasteiger partial charge in [0.25, 0.3) is 0 Å². The predicted molar refractivity (Wildman–Crippen MR) is 163 cm³/mol. The second-order valence-electron chi connectivity index (χ2n) is 11.8. The number of aromatic nitrogens is 3. The molecule has 1 saturated heterocycles. The molecule has 5 N–H and O–H groups in total. The van der Waals surface area contributed by atoms with Crippen LogP contribution in [-0.2, 0) is 20.8 Å². The molecule has 0 aliphatic carbocycles. The molecule has 2 aromatic carbocycles. The molecule has 0 spiro atoms. The number of hydrogen-bond acceptors (Lipinski definition) is 5. The van der Waals surface area contributed by atoms with Crippen molar-refractivity contribution in [3.8, 4) is 0 Å². The first-order valence-corrected chi connectivity index (χ1v) is 14.4. The molecule has 2 unspecified atom stereocenters. The molecule has 2 aromatic heterocycles. The third kappa shape index (κ3) is 6.54. The van der Waals surface area contributed by atoms with E-state index in [9.17, 15) is 14.4 Å². The maximum Gasteiger partial charge on any atom is 0.250 e. The number of amides is 3. The Labute approximate surface area is 245 Å². The van der Waals surface area contributed by atoms with Crippen molar-refractivity contribution in [1.82, 2.24) is 24.8 Å². The zero-order valence-electron chi connectivity index (χ0n) is 24.3. The summed E-state index contributed by atoms with van der Waals surface area (Å²) in [4.78, 5) is 49.8. The number of likely N-dealkylation sites (tertiary alicyclic amines) is 1. The second-order valence-corrected chi connectivity index (χ2v) is 11.8. The molecular formula is C32H39N7O3. The lowest BCUT2D eigenvalue weighted by molar-refractivity contribution is -0.135. The molecule has 1 aliphatic heterocycles. The molecule has 3 heterocycles. The Morgan fingerprint density at radius 3 is 2.48 bits per heavy atom. The highest BCUT2D eigenvalue weighted by Gasteiger charge is 2.31. The number of anilines is 1. The molecular weight excluding hydrogens is 530 g/mol. The number of imidazole rings is 1. The quantitative estimate of drug-likeness (QED) is 0.244. The van der Waals surface area contributed by atoms with Gasteiger partial charge in [-0.2, -0.15) is 0 Å². The van der Waals surface area contributed by atoms with Crippen LogP contribution in [0.5, 0.6) is 0 Å². The van der Waals surface area contributed by atoms with Crippen LogP contribution in [-0.4, -0.2) is 61.8 Å². The Morgan fingerprint density at radius 2 is 1.76 bits per heavy atom. The molecule has 1 fully saturated rings. The fourth-order valence-electron chi connectivity index (χ4n) is 5.31. The second kappa shape index (κ2) is 12.2. The maximum absolute atomic E-state index is 13.8. The predicted octanol–water partition coefficient (Wildman–Crippen LogP) is 3.62. The van der Waals surface area contributed by atoms with Crippen molar-refractivity contribution in [2.24, 2.45) is 11.7 Å². The summed E-state index contributed by atoms with van der Waals surface area (Å²) in [7, 11) is 0. The molecule has 220 valence electrons. The van der Waals surface area contributed by atoms with Gasteiger partial charge in [0.2, 0.25) is 17.7 Å². The topological polar surface area (TPSA) is 138 Å². The van der Waals surface area contributed by atoms with E-state index >= 15 is 0 Å². The minimum atomic E-state index is -1.17. The fourth-order valence-corrected chi connectivity index (χ4v) is 5.31. The van der Waals surface area contributed by atoms with Gasteiger partial charge in [-0.1, -0.05) is 55.5 Å². The first-order chi connectivity index (χ1) is 20.1. The molecule has 2 atom stereocenters. The van der Waals surface area contributed by atoms with E-state index in [1.54, 1.807) is 30.9 Å². The summed E-state index contributed by atoms with van der Waals surface area (Å²) in [6, 6.07) is 15.8. The van der Waals surface area contributed by atoms with Crippen LogP contribution in [0, 0.1) is 5.92 Å². The van der Waals surface area contributed by atoms with Crippen molar-refractivity contribution in [2.75, 3.05) is 18.4 Å². The van der Waals surface area contributed by atoms with E-state index in [2.05, 4.69) is 27.5 Å². The van der Waals surface area contributed by atoms with Gasteiger partial charge in [-0.25, -0.2) is 4.98 Å². The summed E-state index contributed by atoms with van der Waals surface area (Å²) < 4.78 is 1.74. The number of piperidine rings is 1. The van der Waals surface area contributed by atoms with E-state index < -0.39 is 29.4 Å². The zero-order valence-corrected chi connectivity index (χ0v) is 24.3. The number of fused-ring (bicyclic) bond motifs is 1. The molecule has 0 radical (unpaired) electrons. The summed E-state index contributed by atoms with van der Waals surface area (Å²) >= 11 is 0. The molecule has 1 aliphatic rings. The number of para-hydroxylation sites is 1. The molecule has 0 bridgehead atoms.